The van der Waals surface area contributed by atoms with Gasteiger partial charge in [0.2, 0.25) is 0 Å². The minimum atomic E-state index is 1.13. The highest BCUT2D eigenvalue weighted by Crippen LogP contribution is 2.47. The van der Waals surface area contributed by atoms with Crippen LogP contribution in [0.3, 0.4) is 0 Å². The predicted molar refractivity (Wildman–Crippen MR) is 240 cm³/mol. The van der Waals surface area contributed by atoms with Crippen molar-refractivity contribution in [2.45, 2.75) is 27.7 Å². The first-order chi connectivity index (χ1) is 27.2. The van der Waals surface area contributed by atoms with Crippen molar-refractivity contribution in [1.82, 2.24) is 9.13 Å². The lowest BCUT2D eigenvalue weighted by Gasteiger charge is -2.26. The molecule has 4 heteroatoms. The van der Waals surface area contributed by atoms with Crippen LogP contribution >= 0.6 is 0 Å². The molecule has 2 heterocycles. The third-order valence-corrected chi connectivity index (χ3v) is 11.7. The lowest BCUT2D eigenvalue weighted by Crippen LogP contribution is -2.10. The molecule has 0 amide bonds. The van der Waals surface area contributed by atoms with Crippen molar-refractivity contribution in [2.24, 2.45) is 14.1 Å². The summed E-state index contributed by atoms with van der Waals surface area (Å²) < 4.78 is 4.85. The van der Waals surface area contributed by atoms with E-state index in [1.807, 2.05) is 0 Å². The summed E-state index contributed by atoms with van der Waals surface area (Å²) in [6.45, 7) is 8.57. The van der Waals surface area contributed by atoms with Crippen LogP contribution in [0, 0.1) is 27.7 Å². The average molecular weight is 725 g/mol. The second-order valence-corrected chi connectivity index (χ2v) is 15.5. The van der Waals surface area contributed by atoms with Crippen molar-refractivity contribution in [3.05, 3.63) is 180 Å². The zero-order valence-electron chi connectivity index (χ0n) is 32.8. The van der Waals surface area contributed by atoms with Crippen LogP contribution in [0.2, 0.25) is 0 Å². The Kier molecular flexibility index (Phi) is 7.79. The molecule has 0 atom stereocenters. The fraction of sp³-hybridized carbons (Fsp3) is 0.115. The molecule has 0 aliphatic heterocycles. The Morgan fingerprint density at radius 3 is 0.911 bits per heavy atom. The molecule has 10 aromatic rings. The minimum absolute atomic E-state index is 1.13. The van der Waals surface area contributed by atoms with Gasteiger partial charge in [0.15, 0.2) is 0 Å². The summed E-state index contributed by atoms with van der Waals surface area (Å²) in [7, 11) is 4.48. The molecule has 2 aromatic heterocycles. The predicted octanol–water partition coefficient (Wildman–Crippen LogP) is 14.3. The number of hydrogen-bond donors (Lipinski definition) is 0. The average Bonchev–Trinajstić information content (AvgIpc) is 3.68. The number of hydrogen-bond acceptors (Lipinski definition) is 2. The summed E-state index contributed by atoms with van der Waals surface area (Å²) in [6.07, 6.45) is 0. The Hall–Kier alpha value is -6.78. The van der Waals surface area contributed by atoms with Crippen LogP contribution in [-0.2, 0) is 14.1 Å². The van der Waals surface area contributed by atoms with E-state index in [-0.39, 0.29) is 0 Å². The Labute approximate surface area is 328 Å². The van der Waals surface area contributed by atoms with E-state index in [9.17, 15) is 0 Å². The quantitative estimate of drug-likeness (QED) is 0.170. The molecular formula is C52H44N4. The molecule has 0 spiro atoms. The number of fused-ring (bicyclic) bond motifs is 10. The van der Waals surface area contributed by atoms with Crippen molar-refractivity contribution in [3.63, 3.8) is 0 Å². The number of aromatic nitrogens is 2. The highest BCUT2D eigenvalue weighted by atomic mass is 15.2. The second-order valence-electron chi connectivity index (χ2n) is 15.5. The zero-order valence-corrected chi connectivity index (χ0v) is 32.8. The van der Waals surface area contributed by atoms with Crippen LogP contribution in [0.15, 0.2) is 158 Å². The second kappa shape index (κ2) is 12.9. The van der Waals surface area contributed by atoms with Crippen LogP contribution in [0.4, 0.5) is 34.1 Å². The third-order valence-electron chi connectivity index (χ3n) is 11.7. The Morgan fingerprint density at radius 1 is 0.321 bits per heavy atom. The standard InChI is InChI=1S/C52H44N4/c1-33-11-19-37(20-12-33)55(38-21-13-34(2)14-22-38)41-27-29-45-47(31-41)53(5)51-49(45)43-9-7-8-10-44(43)50-46-30-28-42(32-48(46)54(6)52(50)51)56(39-23-15-35(3)16-24-39)40-25-17-36(4)18-26-40/h7-32H,1-6H3. The number of nitrogens with zero attached hydrogens (tertiary/aromatic N) is 4. The van der Waals surface area contributed by atoms with Crippen molar-refractivity contribution in [3.8, 4) is 0 Å². The van der Waals surface area contributed by atoms with Gasteiger partial charge in [0.25, 0.3) is 0 Å². The Bertz CT molecular complexity index is 2800. The largest absolute Gasteiger partial charge is 0.342 e. The van der Waals surface area contributed by atoms with E-state index in [2.05, 4.69) is 218 Å². The topological polar surface area (TPSA) is 16.3 Å². The maximum atomic E-state index is 2.43. The molecule has 0 N–H and O–H groups in total. The molecule has 0 fully saturated rings. The van der Waals surface area contributed by atoms with Gasteiger partial charge in [0, 0.05) is 69.8 Å². The fourth-order valence-electron chi connectivity index (χ4n) is 8.82. The van der Waals surface area contributed by atoms with Gasteiger partial charge < -0.3 is 18.9 Å². The van der Waals surface area contributed by atoms with Gasteiger partial charge in [0.1, 0.15) is 0 Å². The van der Waals surface area contributed by atoms with Crippen molar-refractivity contribution in [1.29, 1.82) is 0 Å². The molecule has 0 aliphatic rings. The van der Waals surface area contributed by atoms with Gasteiger partial charge in [-0.25, -0.2) is 0 Å². The molecule has 8 aromatic carbocycles. The maximum Gasteiger partial charge on any atom is 0.0742 e. The third kappa shape index (κ3) is 5.28. The molecule has 0 unspecified atom stereocenters. The Balaban J connectivity index is 1.23. The first-order valence-corrected chi connectivity index (χ1v) is 19.5. The van der Waals surface area contributed by atoms with E-state index in [1.165, 1.54) is 76.6 Å². The smallest absolute Gasteiger partial charge is 0.0742 e. The fourth-order valence-corrected chi connectivity index (χ4v) is 8.82. The summed E-state index contributed by atoms with van der Waals surface area (Å²) in [6, 6.07) is 58.3. The maximum absolute atomic E-state index is 2.43. The van der Waals surface area contributed by atoms with E-state index in [0.717, 1.165) is 34.1 Å². The molecule has 10 rings (SSSR count). The minimum Gasteiger partial charge on any atom is -0.342 e. The lowest BCUT2D eigenvalue weighted by molar-refractivity contribution is 0.986. The van der Waals surface area contributed by atoms with E-state index in [1.54, 1.807) is 0 Å². The number of aryl methyl sites for hydroxylation is 6. The first-order valence-electron chi connectivity index (χ1n) is 19.5. The van der Waals surface area contributed by atoms with Gasteiger partial charge in [-0.05, 0) is 111 Å². The molecule has 4 nitrogen and oxygen atoms in total. The summed E-state index contributed by atoms with van der Waals surface area (Å²) >= 11 is 0. The molecule has 0 bridgehead atoms. The van der Waals surface area contributed by atoms with Gasteiger partial charge in [0.05, 0.1) is 22.1 Å². The normalized spacial score (nSPS) is 11.8. The first kappa shape index (κ1) is 33.8. The molecular weight excluding hydrogens is 681 g/mol. The van der Waals surface area contributed by atoms with Crippen LogP contribution in [-0.4, -0.2) is 9.13 Å². The van der Waals surface area contributed by atoms with E-state index in [0.29, 0.717) is 0 Å². The molecule has 272 valence electrons. The summed E-state index contributed by atoms with van der Waals surface area (Å²) in [4.78, 5) is 4.74. The summed E-state index contributed by atoms with van der Waals surface area (Å²) in [5.74, 6) is 0. The number of anilines is 6. The van der Waals surface area contributed by atoms with Gasteiger partial charge in [-0.2, -0.15) is 0 Å². The highest BCUT2D eigenvalue weighted by molar-refractivity contribution is 6.36. The van der Waals surface area contributed by atoms with Crippen LogP contribution < -0.4 is 9.80 Å². The van der Waals surface area contributed by atoms with Crippen molar-refractivity contribution >= 4 is 88.5 Å². The van der Waals surface area contributed by atoms with Crippen LogP contribution in [0.25, 0.3) is 54.4 Å². The SMILES string of the molecule is Cc1ccc(N(c2ccc(C)cc2)c2ccc3c4c5ccccc5c5c6ccc(N(c7ccc(C)cc7)c7ccc(C)cc7)cc6n(C)c5c4n(C)c3c2)cc1. The van der Waals surface area contributed by atoms with Crippen molar-refractivity contribution < 1.29 is 0 Å². The van der Waals surface area contributed by atoms with Gasteiger partial charge in [-0.15, -0.1) is 0 Å². The number of benzene rings is 8. The molecule has 56 heavy (non-hydrogen) atoms. The lowest BCUT2D eigenvalue weighted by atomic mass is 9.98. The summed E-state index contributed by atoms with van der Waals surface area (Å²) in [5.41, 5.74) is 16.7. The highest BCUT2D eigenvalue weighted by Gasteiger charge is 2.24. The van der Waals surface area contributed by atoms with E-state index in [4.69, 9.17) is 0 Å². The molecule has 0 aliphatic carbocycles. The molecule has 0 saturated carbocycles. The van der Waals surface area contributed by atoms with Crippen LogP contribution in [0.1, 0.15) is 22.3 Å². The molecule has 0 saturated heterocycles. The molecule has 0 radical (unpaired) electrons. The van der Waals surface area contributed by atoms with Gasteiger partial charge in [-0.1, -0.05) is 107 Å². The van der Waals surface area contributed by atoms with E-state index >= 15 is 0 Å². The Morgan fingerprint density at radius 2 is 0.607 bits per heavy atom. The zero-order chi connectivity index (χ0) is 38.2. The van der Waals surface area contributed by atoms with Crippen molar-refractivity contribution in [2.75, 3.05) is 9.80 Å². The van der Waals surface area contributed by atoms with Crippen LogP contribution in [0.5, 0.6) is 0 Å². The van der Waals surface area contributed by atoms with E-state index < -0.39 is 0 Å². The number of rotatable bonds is 6. The van der Waals surface area contributed by atoms with Gasteiger partial charge in [-0.3, -0.25) is 0 Å². The summed E-state index contributed by atoms with van der Waals surface area (Å²) in [5, 5.41) is 7.66. The van der Waals surface area contributed by atoms with Gasteiger partial charge >= 0.3 is 0 Å². The monoisotopic (exact) mass is 724 g/mol.